The van der Waals surface area contributed by atoms with Gasteiger partial charge in [0.1, 0.15) is 0 Å². The van der Waals surface area contributed by atoms with E-state index in [4.69, 9.17) is 5.73 Å². The van der Waals surface area contributed by atoms with Gasteiger partial charge < -0.3 is 5.73 Å². The lowest BCUT2D eigenvalue weighted by molar-refractivity contribution is 0.151. The molecule has 3 atom stereocenters. The molecule has 2 aromatic rings. The molecule has 3 heteroatoms. The van der Waals surface area contributed by atoms with Gasteiger partial charge in [-0.1, -0.05) is 43.3 Å². The number of thioether (sulfide) groups is 1. The van der Waals surface area contributed by atoms with Crippen molar-refractivity contribution in [2.75, 3.05) is 18.8 Å². The normalized spacial score (nSPS) is 25.1. The van der Waals surface area contributed by atoms with Crippen molar-refractivity contribution in [3.05, 3.63) is 48.0 Å². The summed E-state index contributed by atoms with van der Waals surface area (Å²) in [7, 11) is 0. The maximum Gasteiger partial charge on any atom is 0.0474 e. The van der Waals surface area contributed by atoms with Crippen molar-refractivity contribution in [1.82, 2.24) is 4.90 Å². The van der Waals surface area contributed by atoms with Crippen molar-refractivity contribution in [2.45, 2.75) is 31.2 Å². The molecule has 112 valence electrons. The van der Waals surface area contributed by atoms with E-state index in [9.17, 15) is 0 Å². The molecule has 1 aliphatic heterocycles. The Balaban J connectivity index is 1.93. The lowest BCUT2D eigenvalue weighted by Crippen LogP contribution is -2.48. The molecule has 2 N–H and O–H groups in total. The van der Waals surface area contributed by atoms with Crippen LogP contribution in [0.1, 0.15) is 25.5 Å². The van der Waals surface area contributed by atoms with Crippen molar-refractivity contribution < 1.29 is 0 Å². The smallest absolute Gasteiger partial charge is 0.0474 e. The van der Waals surface area contributed by atoms with Gasteiger partial charge in [0.05, 0.1) is 0 Å². The predicted molar refractivity (Wildman–Crippen MR) is 93.8 cm³/mol. The number of nitrogens with zero attached hydrogens (tertiary/aromatic N) is 1. The lowest BCUT2D eigenvalue weighted by Gasteiger charge is -2.42. The van der Waals surface area contributed by atoms with Gasteiger partial charge in [0, 0.05) is 36.2 Å². The highest BCUT2D eigenvalue weighted by Gasteiger charge is 2.30. The average Bonchev–Trinajstić information content (AvgIpc) is 2.52. The second-order valence-corrected chi connectivity index (χ2v) is 7.40. The Bertz CT molecular complexity index is 613. The van der Waals surface area contributed by atoms with Gasteiger partial charge in [-0.05, 0) is 29.3 Å². The highest BCUT2D eigenvalue weighted by atomic mass is 32.2. The zero-order valence-corrected chi connectivity index (χ0v) is 13.6. The van der Waals surface area contributed by atoms with Crippen LogP contribution in [0.25, 0.3) is 10.8 Å². The van der Waals surface area contributed by atoms with Gasteiger partial charge in [-0.2, -0.15) is 11.8 Å². The fourth-order valence-electron chi connectivity index (χ4n) is 3.27. The summed E-state index contributed by atoms with van der Waals surface area (Å²) >= 11 is 2.07. The lowest BCUT2D eigenvalue weighted by atomic mass is 9.99. The van der Waals surface area contributed by atoms with E-state index >= 15 is 0 Å². The van der Waals surface area contributed by atoms with E-state index in [1.54, 1.807) is 0 Å². The Morgan fingerprint density at radius 2 is 1.95 bits per heavy atom. The van der Waals surface area contributed by atoms with E-state index in [0.717, 1.165) is 6.54 Å². The molecule has 1 heterocycles. The summed E-state index contributed by atoms with van der Waals surface area (Å²) in [6.07, 6.45) is 0. The zero-order chi connectivity index (χ0) is 14.8. The molecular weight excluding hydrogens is 276 g/mol. The van der Waals surface area contributed by atoms with Gasteiger partial charge in [0.2, 0.25) is 0 Å². The van der Waals surface area contributed by atoms with E-state index in [-0.39, 0.29) is 0 Å². The van der Waals surface area contributed by atoms with Crippen LogP contribution in [-0.2, 0) is 0 Å². The number of fused-ring (bicyclic) bond motifs is 1. The summed E-state index contributed by atoms with van der Waals surface area (Å²) in [6.45, 7) is 6.47. The molecule has 2 aromatic carbocycles. The maximum absolute atomic E-state index is 6.14. The minimum absolute atomic E-state index is 0.327. The van der Waals surface area contributed by atoms with E-state index in [0.29, 0.717) is 23.9 Å². The Kier molecular flexibility index (Phi) is 4.53. The molecule has 1 fully saturated rings. The van der Waals surface area contributed by atoms with Gasteiger partial charge in [0.15, 0.2) is 0 Å². The monoisotopic (exact) mass is 300 g/mol. The molecular formula is C18H24N2S. The number of benzene rings is 2. The van der Waals surface area contributed by atoms with Crippen molar-refractivity contribution >= 4 is 22.5 Å². The summed E-state index contributed by atoms with van der Waals surface area (Å²) in [4.78, 5) is 2.59. The molecule has 0 radical (unpaired) electrons. The van der Waals surface area contributed by atoms with E-state index in [1.165, 1.54) is 22.1 Å². The molecule has 0 spiro atoms. The van der Waals surface area contributed by atoms with Crippen LogP contribution in [0.2, 0.25) is 0 Å². The number of hydrogen-bond donors (Lipinski definition) is 1. The summed E-state index contributed by atoms with van der Waals surface area (Å²) in [5.74, 6) is 1.20. The van der Waals surface area contributed by atoms with Crippen LogP contribution in [0.5, 0.6) is 0 Å². The van der Waals surface area contributed by atoms with Crippen LogP contribution in [-0.4, -0.2) is 35.0 Å². The first-order chi connectivity index (χ1) is 10.2. The molecule has 2 nitrogen and oxygen atoms in total. The third kappa shape index (κ3) is 2.96. The molecule has 0 bridgehead atoms. The molecule has 1 aliphatic rings. The molecule has 21 heavy (non-hydrogen) atoms. The molecule has 3 unspecified atom stereocenters. The second kappa shape index (κ2) is 6.39. The van der Waals surface area contributed by atoms with Crippen molar-refractivity contribution in [2.24, 2.45) is 5.73 Å². The molecule has 1 saturated heterocycles. The molecule has 3 rings (SSSR count). The minimum Gasteiger partial charge on any atom is -0.329 e. The first-order valence-corrected chi connectivity index (χ1v) is 8.81. The Hall–Kier alpha value is -1.03. The minimum atomic E-state index is 0.327. The maximum atomic E-state index is 6.14. The van der Waals surface area contributed by atoms with Crippen LogP contribution >= 0.6 is 11.8 Å². The van der Waals surface area contributed by atoms with E-state index < -0.39 is 0 Å². The largest absolute Gasteiger partial charge is 0.329 e. The topological polar surface area (TPSA) is 29.3 Å². The third-order valence-electron chi connectivity index (χ3n) is 4.71. The number of rotatable bonds is 3. The number of nitrogens with two attached hydrogens (primary N) is 1. The summed E-state index contributed by atoms with van der Waals surface area (Å²) < 4.78 is 0. The van der Waals surface area contributed by atoms with Gasteiger partial charge in [-0.3, -0.25) is 4.90 Å². The summed E-state index contributed by atoms with van der Waals surface area (Å²) in [5.41, 5.74) is 7.49. The van der Waals surface area contributed by atoms with Crippen LogP contribution in [0.3, 0.4) is 0 Å². The quantitative estimate of drug-likeness (QED) is 0.938. The molecule has 0 amide bonds. The Morgan fingerprint density at radius 1 is 1.19 bits per heavy atom. The van der Waals surface area contributed by atoms with Crippen LogP contribution in [0.15, 0.2) is 42.5 Å². The Labute approximate surface area is 131 Å². The molecule has 0 aromatic heterocycles. The highest BCUT2D eigenvalue weighted by Crippen LogP contribution is 2.32. The SMILES string of the molecule is CC1SCCN(C(CN)c2ccc3ccccc3c2)C1C. The van der Waals surface area contributed by atoms with Crippen LogP contribution < -0.4 is 5.73 Å². The first-order valence-electron chi connectivity index (χ1n) is 7.77. The van der Waals surface area contributed by atoms with E-state index in [1.807, 2.05) is 0 Å². The summed E-state index contributed by atoms with van der Waals surface area (Å²) in [6, 6.07) is 16.2. The van der Waals surface area contributed by atoms with Gasteiger partial charge in [-0.25, -0.2) is 0 Å². The van der Waals surface area contributed by atoms with Crippen molar-refractivity contribution in [3.63, 3.8) is 0 Å². The fourth-order valence-corrected chi connectivity index (χ4v) is 4.40. The average molecular weight is 300 g/mol. The van der Waals surface area contributed by atoms with E-state index in [2.05, 4.69) is 73.0 Å². The predicted octanol–water partition coefficient (Wildman–Crippen LogP) is 3.67. The van der Waals surface area contributed by atoms with Crippen molar-refractivity contribution in [1.29, 1.82) is 0 Å². The van der Waals surface area contributed by atoms with Gasteiger partial charge in [0.25, 0.3) is 0 Å². The number of hydrogen-bond acceptors (Lipinski definition) is 3. The third-order valence-corrected chi connectivity index (χ3v) is 6.05. The first kappa shape index (κ1) is 14.9. The zero-order valence-electron chi connectivity index (χ0n) is 12.8. The van der Waals surface area contributed by atoms with Crippen LogP contribution in [0, 0.1) is 0 Å². The fraction of sp³-hybridized carbons (Fsp3) is 0.444. The molecule has 0 saturated carbocycles. The Morgan fingerprint density at radius 3 is 2.71 bits per heavy atom. The van der Waals surface area contributed by atoms with Gasteiger partial charge >= 0.3 is 0 Å². The highest BCUT2D eigenvalue weighted by molar-refractivity contribution is 8.00. The summed E-state index contributed by atoms with van der Waals surface area (Å²) in [5, 5.41) is 3.28. The second-order valence-electron chi connectivity index (χ2n) is 5.91. The van der Waals surface area contributed by atoms with Gasteiger partial charge in [-0.15, -0.1) is 0 Å². The standard InChI is InChI=1S/C18H24N2S/c1-13-14(2)21-10-9-20(13)18(12-19)17-8-7-15-5-3-4-6-16(15)11-17/h3-8,11,13-14,18H,9-10,12,19H2,1-2H3. The molecule has 0 aliphatic carbocycles. The van der Waals surface area contributed by atoms with Crippen LogP contribution in [0.4, 0.5) is 0 Å². The van der Waals surface area contributed by atoms with Crippen molar-refractivity contribution in [3.8, 4) is 0 Å².